The Morgan fingerprint density at radius 1 is 1.24 bits per heavy atom. The number of aryl methyl sites for hydroxylation is 1. The number of nitrogens with one attached hydrogen (secondary N) is 1. The van der Waals surface area contributed by atoms with Crippen LogP contribution in [0.3, 0.4) is 0 Å². The van der Waals surface area contributed by atoms with E-state index in [0.29, 0.717) is 28.6 Å². The highest BCUT2D eigenvalue weighted by Gasteiger charge is 2.16. The summed E-state index contributed by atoms with van der Waals surface area (Å²) in [5, 5.41) is 14.6. The van der Waals surface area contributed by atoms with Gasteiger partial charge in [0.2, 0.25) is 12.7 Å². The number of fused-ring (bicyclic) bond motifs is 1. The molecule has 0 radical (unpaired) electrons. The highest BCUT2D eigenvalue weighted by Crippen LogP contribution is 2.34. The molecule has 9 nitrogen and oxygen atoms in total. The lowest BCUT2D eigenvalue weighted by Crippen LogP contribution is -2.13. The number of carbonyl (C=O) groups excluding carboxylic acids is 1. The van der Waals surface area contributed by atoms with Gasteiger partial charge in [-0.2, -0.15) is 0 Å². The number of benzene rings is 1. The molecule has 0 spiro atoms. The van der Waals surface area contributed by atoms with E-state index in [1.54, 1.807) is 31.2 Å². The van der Waals surface area contributed by atoms with E-state index in [1.165, 1.54) is 0 Å². The summed E-state index contributed by atoms with van der Waals surface area (Å²) < 4.78 is 20.9. The molecule has 1 N–H and O–H groups in total. The SMILES string of the molecule is Cc1cc(-c2nnc(SCC(=O)Nc3ccc4c(c3)OCO4)o2)no1. The van der Waals surface area contributed by atoms with E-state index in [2.05, 4.69) is 20.7 Å². The quantitative estimate of drug-likeness (QED) is 0.686. The number of carbonyl (C=O) groups is 1. The van der Waals surface area contributed by atoms with Gasteiger partial charge in [-0.15, -0.1) is 10.2 Å². The molecule has 1 aliphatic rings. The molecular formula is C15H12N4O5S. The molecule has 25 heavy (non-hydrogen) atoms. The summed E-state index contributed by atoms with van der Waals surface area (Å²) in [6, 6.07) is 6.89. The van der Waals surface area contributed by atoms with E-state index in [0.717, 1.165) is 11.8 Å². The maximum atomic E-state index is 12.0. The van der Waals surface area contributed by atoms with Crippen molar-refractivity contribution in [3.05, 3.63) is 30.0 Å². The summed E-state index contributed by atoms with van der Waals surface area (Å²) in [5.41, 5.74) is 1.08. The maximum absolute atomic E-state index is 12.0. The van der Waals surface area contributed by atoms with Gasteiger partial charge in [0.05, 0.1) is 5.75 Å². The summed E-state index contributed by atoms with van der Waals surface area (Å²) in [6.45, 7) is 1.95. The van der Waals surface area contributed by atoms with Crippen LogP contribution in [-0.2, 0) is 4.79 Å². The Morgan fingerprint density at radius 3 is 2.96 bits per heavy atom. The first kappa shape index (κ1) is 15.5. The number of hydrogen-bond donors (Lipinski definition) is 1. The van der Waals surface area contributed by atoms with E-state index in [1.807, 2.05) is 0 Å². The number of anilines is 1. The molecule has 0 saturated heterocycles. The fourth-order valence-electron chi connectivity index (χ4n) is 2.14. The molecule has 0 atom stereocenters. The molecule has 128 valence electrons. The molecule has 1 amide bonds. The van der Waals surface area contributed by atoms with Gasteiger partial charge in [-0.05, 0) is 19.1 Å². The molecule has 3 heterocycles. The van der Waals surface area contributed by atoms with E-state index < -0.39 is 0 Å². The number of nitrogens with zero attached hydrogens (tertiary/aromatic N) is 3. The minimum absolute atomic E-state index is 0.119. The lowest BCUT2D eigenvalue weighted by molar-refractivity contribution is -0.113. The topological polar surface area (TPSA) is 113 Å². The van der Waals surface area contributed by atoms with Crippen LogP contribution in [0.5, 0.6) is 11.5 Å². The Labute approximate surface area is 145 Å². The van der Waals surface area contributed by atoms with Crippen molar-refractivity contribution in [2.75, 3.05) is 17.9 Å². The van der Waals surface area contributed by atoms with Crippen LogP contribution < -0.4 is 14.8 Å². The summed E-state index contributed by atoms with van der Waals surface area (Å²) in [4.78, 5) is 12.0. The summed E-state index contributed by atoms with van der Waals surface area (Å²) in [7, 11) is 0. The highest BCUT2D eigenvalue weighted by molar-refractivity contribution is 7.99. The Kier molecular flexibility index (Phi) is 4.02. The fourth-order valence-corrected chi connectivity index (χ4v) is 2.70. The van der Waals surface area contributed by atoms with Gasteiger partial charge in [0.1, 0.15) is 5.76 Å². The predicted octanol–water partition coefficient (Wildman–Crippen LogP) is 2.49. The number of ether oxygens (including phenoxy) is 2. The lowest BCUT2D eigenvalue weighted by atomic mass is 10.3. The first-order valence-electron chi connectivity index (χ1n) is 7.27. The zero-order valence-corrected chi connectivity index (χ0v) is 13.8. The molecule has 0 bridgehead atoms. The van der Waals surface area contributed by atoms with Gasteiger partial charge in [-0.3, -0.25) is 4.79 Å². The van der Waals surface area contributed by atoms with Crippen molar-refractivity contribution in [2.24, 2.45) is 0 Å². The van der Waals surface area contributed by atoms with Gasteiger partial charge < -0.3 is 23.7 Å². The van der Waals surface area contributed by atoms with Gasteiger partial charge in [0.15, 0.2) is 17.2 Å². The minimum Gasteiger partial charge on any atom is -0.454 e. The van der Waals surface area contributed by atoms with Crippen molar-refractivity contribution in [3.63, 3.8) is 0 Å². The smallest absolute Gasteiger partial charge is 0.277 e. The first-order chi connectivity index (χ1) is 12.2. The number of rotatable bonds is 5. The molecule has 0 unspecified atom stereocenters. The second-order valence-electron chi connectivity index (χ2n) is 5.10. The van der Waals surface area contributed by atoms with E-state index in [4.69, 9.17) is 18.4 Å². The van der Waals surface area contributed by atoms with Gasteiger partial charge >= 0.3 is 0 Å². The molecule has 0 aliphatic carbocycles. The van der Waals surface area contributed by atoms with E-state index in [-0.39, 0.29) is 29.6 Å². The van der Waals surface area contributed by atoms with E-state index in [9.17, 15) is 4.79 Å². The standard InChI is InChI=1S/C15H12N4O5S/c1-8-4-10(19-24-8)14-17-18-15(23-14)25-6-13(20)16-9-2-3-11-12(5-9)22-7-21-11/h2-5H,6-7H2,1H3,(H,16,20). The van der Waals surface area contributed by atoms with Crippen LogP contribution >= 0.6 is 11.8 Å². The zero-order chi connectivity index (χ0) is 17.2. The highest BCUT2D eigenvalue weighted by atomic mass is 32.2. The third-order valence-electron chi connectivity index (χ3n) is 3.24. The second kappa shape index (κ2) is 6.48. The van der Waals surface area contributed by atoms with Gasteiger partial charge in [0, 0.05) is 17.8 Å². The van der Waals surface area contributed by atoms with Crippen molar-refractivity contribution in [1.29, 1.82) is 0 Å². The Balaban J connectivity index is 1.34. The number of aromatic nitrogens is 3. The minimum atomic E-state index is -0.208. The first-order valence-corrected chi connectivity index (χ1v) is 8.25. The number of hydrogen-bond acceptors (Lipinski definition) is 9. The number of amides is 1. The monoisotopic (exact) mass is 360 g/mol. The average molecular weight is 360 g/mol. The van der Waals surface area contributed by atoms with Crippen molar-refractivity contribution in [1.82, 2.24) is 15.4 Å². The van der Waals surface area contributed by atoms with Crippen LogP contribution in [0.4, 0.5) is 5.69 Å². The van der Waals surface area contributed by atoms with Gasteiger partial charge in [-0.25, -0.2) is 0 Å². The third kappa shape index (κ3) is 3.43. The van der Waals surface area contributed by atoms with Crippen LogP contribution in [0.15, 0.2) is 38.4 Å². The van der Waals surface area contributed by atoms with Gasteiger partial charge in [-0.1, -0.05) is 16.9 Å². The molecule has 1 aliphatic heterocycles. The maximum Gasteiger partial charge on any atom is 0.277 e. The van der Waals surface area contributed by atoms with Gasteiger partial charge in [0.25, 0.3) is 11.1 Å². The van der Waals surface area contributed by atoms with Crippen molar-refractivity contribution in [2.45, 2.75) is 12.1 Å². The fraction of sp³-hybridized carbons (Fsp3) is 0.200. The van der Waals surface area contributed by atoms with Crippen LogP contribution in [0, 0.1) is 6.92 Å². The van der Waals surface area contributed by atoms with Crippen molar-refractivity contribution < 1.29 is 23.2 Å². The molecule has 1 aromatic carbocycles. The van der Waals surface area contributed by atoms with Crippen LogP contribution in [-0.4, -0.2) is 33.8 Å². The summed E-state index contributed by atoms with van der Waals surface area (Å²) in [5.74, 6) is 2.07. The van der Waals surface area contributed by atoms with Crippen LogP contribution in [0.1, 0.15) is 5.76 Å². The molecule has 2 aromatic heterocycles. The molecule has 10 heteroatoms. The molecule has 0 fully saturated rings. The largest absolute Gasteiger partial charge is 0.454 e. The Bertz CT molecular complexity index is 922. The normalized spacial score (nSPS) is 12.4. The summed E-state index contributed by atoms with van der Waals surface area (Å²) in [6.07, 6.45) is 0. The number of thioether (sulfide) groups is 1. The van der Waals surface area contributed by atoms with Crippen molar-refractivity contribution >= 4 is 23.4 Å². The second-order valence-corrected chi connectivity index (χ2v) is 6.03. The average Bonchev–Trinajstić information content (AvgIpc) is 3.32. The zero-order valence-electron chi connectivity index (χ0n) is 13.0. The molecular weight excluding hydrogens is 348 g/mol. The molecule has 0 saturated carbocycles. The molecule has 4 rings (SSSR count). The lowest BCUT2D eigenvalue weighted by Gasteiger charge is -2.04. The third-order valence-corrected chi connectivity index (χ3v) is 4.06. The predicted molar refractivity (Wildman–Crippen MR) is 86.5 cm³/mol. The summed E-state index contributed by atoms with van der Waals surface area (Å²) >= 11 is 1.13. The van der Waals surface area contributed by atoms with Crippen LogP contribution in [0.2, 0.25) is 0 Å². The van der Waals surface area contributed by atoms with E-state index >= 15 is 0 Å². The molecule has 3 aromatic rings. The van der Waals surface area contributed by atoms with Crippen molar-refractivity contribution in [3.8, 4) is 23.1 Å². The Morgan fingerprint density at radius 2 is 2.12 bits per heavy atom. The van der Waals surface area contributed by atoms with Crippen LogP contribution in [0.25, 0.3) is 11.6 Å². The Hall–Kier alpha value is -3.01.